The molecule has 206 valence electrons. The first-order valence-electron chi connectivity index (χ1n) is 12.9. The van der Waals surface area contributed by atoms with Crippen LogP contribution in [0.15, 0.2) is 71.6 Å². The summed E-state index contributed by atoms with van der Waals surface area (Å²) in [5.74, 6) is -0.984. The van der Waals surface area contributed by atoms with E-state index in [1.54, 1.807) is 23.1 Å². The van der Waals surface area contributed by atoms with Gasteiger partial charge in [-0.15, -0.1) is 0 Å². The van der Waals surface area contributed by atoms with Crippen molar-refractivity contribution in [2.45, 2.75) is 51.1 Å². The van der Waals surface area contributed by atoms with Crippen molar-refractivity contribution in [3.63, 3.8) is 0 Å². The summed E-state index contributed by atoms with van der Waals surface area (Å²) >= 11 is 0. The van der Waals surface area contributed by atoms with Crippen LogP contribution in [0.3, 0.4) is 0 Å². The first kappa shape index (κ1) is 28.1. The highest BCUT2D eigenvalue weighted by molar-refractivity contribution is 7.87. The lowest BCUT2D eigenvalue weighted by Crippen LogP contribution is -2.33. The molecule has 0 heterocycles. The Kier molecular flexibility index (Phi) is 8.54. The highest BCUT2D eigenvalue weighted by Gasteiger charge is 2.34. The van der Waals surface area contributed by atoms with Crippen LogP contribution in [0.5, 0.6) is 5.75 Å². The topological polar surface area (TPSA) is 96.0 Å². The number of halogens is 1. The van der Waals surface area contributed by atoms with Gasteiger partial charge in [0.1, 0.15) is 16.5 Å². The fourth-order valence-corrected chi connectivity index (χ4v) is 5.29. The van der Waals surface area contributed by atoms with Gasteiger partial charge in [0.05, 0.1) is 0 Å². The van der Waals surface area contributed by atoms with Gasteiger partial charge in [0, 0.05) is 61.2 Å². The van der Waals surface area contributed by atoms with Gasteiger partial charge >= 0.3 is 10.1 Å². The molecule has 0 radical (unpaired) electrons. The number of amides is 2. The average Bonchev–Trinajstić information content (AvgIpc) is 3.74. The Balaban J connectivity index is 1.68. The van der Waals surface area contributed by atoms with Crippen molar-refractivity contribution in [2.75, 3.05) is 23.3 Å². The summed E-state index contributed by atoms with van der Waals surface area (Å²) in [6.45, 7) is 6.88. The average molecular weight is 554 g/mol. The quantitative estimate of drug-likeness (QED) is 0.328. The standard InChI is InChI=1S/C29H32FN3O5S/c1-4-32(5-2)26-12-9-22(19-33(25-13-14-25)29(35)21-7-6-8-23(30)17-21)28(18-26)38-39(36,37)27-15-10-24(11-16-27)31-20(3)34/h6-12,15-18,25H,4-5,13-14,19H2,1-3H3,(H,31,34). The number of benzene rings is 3. The van der Waals surface area contributed by atoms with E-state index in [1.807, 2.05) is 19.9 Å². The molecule has 1 saturated carbocycles. The van der Waals surface area contributed by atoms with Crippen LogP contribution in [0.25, 0.3) is 0 Å². The molecule has 1 N–H and O–H groups in total. The van der Waals surface area contributed by atoms with Gasteiger partial charge in [-0.2, -0.15) is 8.42 Å². The Hall–Kier alpha value is -3.92. The van der Waals surface area contributed by atoms with Crippen molar-refractivity contribution < 1.29 is 26.6 Å². The molecule has 4 rings (SSSR count). The Labute approximate surface area is 228 Å². The monoisotopic (exact) mass is 553 g/mol. The van der Waals surface area contributed by atoms with Gasteiger partial charge in [-0.25, -0.2) is 4.39 Å². The van der Waals surface area contributed by atoms with E-state index in [2.05, 4.69) is 10.2 Å². The summed E-state index contributed by atoms with van der Waals surface area (Å²) in [7, 11) is -4.24. The molecule has 1 aliphatic carbocycles. The summed E-state index contributed by atoms with van der Waals surface area (Å²) in [5, 5.41) is 2.60. The molecule has 0 bridgehead atoms. The molecule has 39 heavy (non-hydrogen) atoms. The van der Waals surface area contributed by atoms with Crippen LogP contribution in [0, 0.1) is 5.82 Å². The Morgan fingerprint density at radius 1 is 1.00 bits per heavy atom. The van der Waals surface area contributed by atoms with Crippen LogP contribution in [-0.4, -0.2) is 44.3 Å². The molecule has 0 aromatic heterocycles. The lowest BCUT2D eigenvalue weighted by atomic mass is 10.1. The first-order chi connectivity index (χ1) is 18.6. The van der Waals surface area contributed by atoms with Gasteiger partial charge < -0.3 is 19.3 Å². The molecule has 3 aromatic carbocycles. The van der Waals surface area contributed by atoms with Gasteiger partial charge in [-0.3, -0.25) is 9.59 Å². The minimum atomic E-state index is -4.24. The zero-order chi connectivity index (χ0) is 28.2. The summed E-state index contributed by atoms with van der Waals surface area (Å²) in [6, 6.07) is 16.5. The van der Waals surface area contributed by atoms with E-state index in [9.17, 15) is 22.4 Å². The van der Waals surface area contributed by atoms with Gasteiger partial charge in [0.2, 0.25) is 5.91 Å². The molecule has 0 unspecified atom stereocenters. The van der Waals surface area contributed by atoms with E-state index in [1.165, 1.54) is 49.4 Å². The Morgan fingerprint density at radius 2 is 1.69 bits per heavy atom. The predicted octanol–water partition coefficient (Wildman–Crippen LogP) is 5.20. The molecule has 0 spiro atoms. The fourth-order valence-electron chi connectivity index (χ4n) is 4.34. The van der Waals surface area contributed by atoms with Crippen molar-refractivity contribution in [1.29, 1.82) is 0 Å². The van der Waals surface area contributed by atoms with E-state index >= 15 is 0 Å². The van der Waals surface area contributed by atoms with Crippen LogP contribution < -0.4 is 14.4 Å². The van der Waals surface area contributed by atoms with Crippen LogP contribution in [0.1, 0.15) is 49.5 Å². The number of anilines is 2. The second-order valence-corrected chi connectivity index (χ2v) is 10.9. The zero-order valence-electron chi connectivity index (χ0n) is 22.2. The normalized spacial score (nSPS) is 13.0. The molecule has 0 atom stereocenters. The van der Waals surface area contributed by atoms with Crippen LogP contribution >= 0.6 is 0 Å². The molecule has 2 amide bonds. The molecular weight excluding hydrogens is 521 g/mol. The first-order valence-corrected chi connectivity index (χ1v) is 14.3. The summed E-state index contributed by atoms with van der Waals surface area (Å²) in [5.41, 5.74) is 1.99. The molecule has 8 nitrogen and oxygen atoms in total. The largest absolute Gasteiger partial charge is 0.379 e. The number of hydrogen-bond donors (Lipinski definition) is 1. The zero-order valence-corrected chi connectivity index (χ0v) is 23.0. The Bertz CT molecular complexity index is 1450. The maximum absolute atomic E-state index is 13.8. The highest BCUT2D eigenvalue weighted by atomic mass is 32.2. The number of nitrogens with zero attached hydrogens (tertiary/aromatic N) is 2. The number of nitrogens with one attached hydrogen (secondary N) is 1. The van der Waals surface area contributed by atoms with Gasteiger partial charge in [0.25, 0.3) is 5.91 Å². The van der Waals surface area contributed by atoms with E-state index < -0.39 is 15.9 Å². The smallest absolute Gasteiger partial charge is 0.339 e. The maximum atomic E-state index is 13.8. The molecule has 10 heteroatoms. The highest BCUT2D eigenvalue weighted by Crippen LogP contribution is 2.34. The van der Waals surface area contributed by atoms with Crippen molar-refractivity contribution >= 4 is 33.3 Å². The SMILES string of the molecule is CCN(CC)c1ccc(CN(C(=O)c2cccc(F)c2)C2CC2)c(OS(=O)(=O)c2ccc(NC(C)=O)cc2)c1. The second kappa shape index (κ2) is 11.9. The van der Waals surface area contributed by atoms with E-state index in [4.69, 9.17) is 4.18 Å². The van der Waals surface area contributed by atoms with Crippen molar-refractivity contribution in [3.05, 3.63) is 83.7 Å². The third-order valence-corrected chi connectivity index (χ3v) is 7.75. The van der Waals surface area contributed by atoms with Crippen molar-refractivity contribution in [2.24, 2.45) is 0 Å². The molecule has 1 fully saturated rings. The van der Waals surface area contributed by atoms with Crippen LogP contribution in [0.2, 0.25) is 0 Å². The Morgan fingerprint density at radius 3 is 2.28 bits per heavy atom. The fraction of sp³-hybridized carbons (Fsp3) is 0.310. The summed E-state index contributed by atoms with van der Waals surface area (Å²) < 4.78 is 46.1. The maximum Gasteiger partial charge on any atom is 0.339 e. The number of carbonyl (C=O) groups is 2. The summed E-state index contributed by atoms with van der Waals surface area (Å²) in [6.07, 6.45) is 1.63. The molecule has 3 aromatic rings. The minimum absolute atomic E-state index is 0.0194. The molecule has 0 saturated heterocycles. The van der Waals surface area contributed by atoms with E-state index in [-0.39, 0.29) is 40.6 Å². The van der Waals surface area contributed by atoms with E-state index in [0.717, 1.165) is 18.5 Å². The lowest BCUT2D eigenvalue weighted by Gasteiger charge is -2.26. The predicted molar refractivity (Wildman–Crippen MR) is 148 cm³/mol. The number of hydrogen-bond acceptors (Lipinski definition) is 6. The second-order valence-electron chi connectivity index (χ2n) is 9.38. The van der Waals surface area contributed by atoms with Gasteiger partial charge in [0.15, 0.2) is 0 Å². The number of carbonyl (C=O) groups excluding carboxylic acids is 2. The van der Waals surface area contributed by atoms with Crippen LogP contribution in [-0.2, 0) is 21.5 Å². The molecule has 1 aliphatic rings. The van der Waals surface area contributed by atoms with Crippen molar-refractivity contribution in [1.82, 2.24) is 4.90 Å². The van der Waals surface area contributed by atoms with Crippen molar-refractivity contribution in [3.8, 4) is 5.75 Å². The summed E-state index contributed by atoms with van der Waals surface area (Å²) in [4.78, 5) is 28.3. The molecule has 0 aliphatic heterocycles. The minimum Gasteiger partial charge on any atom is -0.379 e. The van der Waals surface area contributed by atoms with E-state index in [0.29, 0.717) is 24.3 Å². The lowest BCUT2D eigenvalue weighted by molar-refractivity contribution is -0.114. The third kappa shape index (κ3) is 6.94. The molecular formula is C29H32FN3O5S. The van der Waals surface area contributed by atoms with Gasteiger partial charge in [-0.05, 0) is 75.2 Å². The number of rotatable bonds is 11. The van der Waals surface area contributed by atoms with Crippen LogP contribution in [0.4, 0.5) is 15.8 Å². The van der Waals surface area contributed by atoms with Gasteiger partial charge in [-0.1, -0.05) is 12.1 Å². The third-order valence-electron chi connectivity index (χ3n) is 6.50.